The molecule has 1 heterocycles. The number of rotatable bonds is 5. The molecule has 128 valence electrons. The minimum Gasteiger partial charge on any atom is -0.490 e. The van der Waals surface area contributed by atoms with Crippen LogP contribution in [-0.4, -0.2) is 22.3 Å². The van der Waals surface area contributed by atoms with Gasteiger partial charge in [0.25, 0.3) is 0 Å². The highest BCUT2D eigenvalue weighted by molar-refractivity contribution is 5.70. The van der Waals surface area contributed by atoms with Crippen molar-refractivity contribution in [2.75, 3.05) is 0 Å². The van der Waals surface area contributed by atoms with Gasteiger partial charge >= 0.3 is 5.97 Å². The maximum Gasteiger partial charge on any atom is 0.306 e. The molecule has 0 saturated heterocycles. The fourth-order valence-electron chi connectivity index (χ4n) is 3.21. The van der Waals surface area contributed by atoms with Crippen LogP contribution in [0.5, 0.6) is 5.75 Å². The van der Waals surface area contributed by atoms with Crippen molar-refractivity contribution in [1.82, 2.24) is 5.16 Å². The van der Waals surface area contributed by atoms with Gasteiger partial charge in [-0.1, -0.05) is 5.16 Å². The average molecular weight is 330 g/mol. The van der Waals surface area contributed by atoms with E-state index in [9.17, 15) is 4.79 Å². The second-order valence-corrected chi connectivity index (χ2v) is 6.25. The average Bonchev–Trinajstić information content (AvgIpc) is 2.96. The molecule has 1 fully saturated rings. The summed E-state index contributed by atoms with van der Waals surface area (Å²) in [5, 5.41) is 13.1. The first-order chi connectivity index (χ1) is 11.6. The summed E-state index contributed by atoms with van der Waals surface area (Å²) >= 11 is 0. The summed E-state index contributed by atoms with van der Waals surface area (Å²) in [6.45, 7) is 2.25. The second kappa shape index (κ2) is 7.05. The Morgan fingerprint density at radius 3 is 2.79 bits per heavy atom. The maximum absolute atomic E-state index is 11.1. The number of benzene rings is 1. The number of aryl methyl sites for hydroxylation is 1. The molecule has 2 aromatic rings. The van der Waals surface area contributed by atoms with Gasteiger partial charge in [-0.3, -0.25) is 4.79 Å². The molecule has 1 aliphatic carbocycles. The van der Waals surface area contributed by atoms with Gasteiger partial charge in [-0.25, -0.2) is 0 Å². The highest BCUT2D eigenvalue weighted by Crippen LogP contribution is 2.30. The molecule has 0 unspecified atom stereocenters. The lowest BCUT2D eigenvalue weighted by Gasteiger charge is -2.27. The predicted molar refractivity (Wildman–Crippen MR) is 88.6 cm³/mol. The van der Waals surface area contributed by atoms with E-state index in [0.29, 0.717) is 18.7 Å². The van der Waals surface area contributed by atoms with Crippen molar-refractivity contribution < 1.29 is 19.2 Å². The Balaban J connectivity index is 1.69. The van der Waals surface area contributed by atoms with Gasteiger partial charge < -0.3 is 20.1 Å². The zero-order valence-corrected chi connectivity index (χ0v) is 13.7. The number of carboxylic acids is 1. The van der Waals surface area contributed by atoms with Crippen molar-refractivity contribution in [1.29, 1.82) is 0 Å². The molecular formula is C18H22N2O4. The van der Waals surface area contributed by atoms with E-state index in [-0.39, 0.29) is 12.0 Å². The standard InChI is InChI=1S/C18H22N2O4/c1-11-16(10-19)17(24-20-11)12-5-7-14(8-6-12)23-15-4-2-3-13(9-15)18(21)22/h5-8,13,15H,2-4,9-10,19H2,1H3,(H,21,22)/t13-,15-/m0/s1. The molecule has 0 amide bonds. The fraction of sp³-hybridized carbons (Fsp3) is 0.444. The van der Waals surface area contributed by atoms with E-state index >= 15 is 0 Å². The molecule has 1 aromatic carbocycles. The van der Waals surface area contributed by atoms with Gasteiger partial charge in [0.15, 0.2) is 5.76 Å². The zero-order valence-electron chi connectivity index (χ0n) is 13.7. The summed E-state index contributed by atoms with van der Waals surface area (Å²) in [6.07, 6.45) is 3.04. The Bertz CT molecular complexity index is 708. The molecule has 0 spiro atoms. The summed E-state index contributed by atoms with van der Waals surface area (Å²) in [7, 11) is 0. The smallest absolute Gasteiger partial charge is 0.306 e. The van der Waals surface area contributed by atoms with E-state index in [2.05, 4.69) is 5.16 Å². The third kappa shape index (κ3) is 3.43. The summed E-state index contributed by atoms with van der Waals surface area (Å²) in [5.41, 5.74) is 8.35. The monoisotopic (exact) mass is 330 g/mol. The Kier molecular flexibility index (Phi) is 4.85. The SMILES string of the molecule is Cc1noc(-c2ccc(O[C@H]3CCC[C@H](C(=O)O)C3)cc2)c1CN. The minimum absolute atomic E-state index is 0.0437. The van der Waals surface area contributed by atoms with Crippen LogP contribution < -0.4 is 10.5 Å². The highest BCUT2D eigenvalue weighted by atomic mass is 16.5. The van der Waals surface area contributed by atoms with E-state index in [1.807, 2.05) is 31.2 Å². The van der Waals surface area contributed by atoms with Gasteiger partial charge in [-0.15, -0.1) is 0 Å². The number of hydrogen-bond acceptors (Lipinski definition) is 5. The quantitative estimate of drug-likeness (QED) is 0.874. The van der Waals surface area contributed by atoms with Crippen molar-refractivity contribution >= 4 is 5.97 Å². The molecule has 6 nitrogen and oxygen atoms in total. The van der Waals surface area contributed by atoms with Gasteiger partial charge in [0.05, 0.1) is 17.7 Å². The number of carboxylic acid groups (broad SMARTS) is 1. The van der Waals surface area contributed by atoms with Crippen molar-refractivity contribution in [3.05, 3.63) is 35.5 Å². The number of nitrogens with two attached hydrogens (primary N) is 1. The number of nitrogens with zero attached hydrogens (tertiary/aromatic N) is 1. The third-order valence-corrected chi connectivity index (χ3v) is 4.58. The van der Waals surface area contributed by atoms with Crippen LogP contribution in [-0.2, 0) is 11.3 Å². The minimum atomic E-state index is -0.728. The fourth-order valence-corrected chi connectivity index (χ4v) is 3.21. The lowest BCUT2D eigenvalue weighted by molar-refractivity contribution is -0.143. The van der Waals surface area contributed by atoms with Crippen molar-refractivity contribution in [3.63, 3.8) is 0 Å². The van der Waals surface area contributed by atoms with Crippen molar-refractivity contribution in [2.24, 2.45) is 11.7 Å². The Morgan fingerprint density at radius 1 is 1.38 bits per heavy atom. The Labute approximate surface area is 140 Å². The molecule has 1 aliphatic rings. The molecular weight excluding hydrogens is 308 g/mol. The second-order valence-electron chi connectivity index (χ2n) is 6.25. The van der Waals surface area contributed by atoms with E-state index < -0.39 is 5.97 Å². The largest absolute Gasteiger partial charge is 0.490 e. The molecule has 3 rings (SSSR count). The summed E-state index contributed by atoms with van der Waals surface area (Å²) < 4.78 is 11.3. The molecule has 0 aliphatic heterocycles. The van der Waals surface area contributed by atoms with E-state index in [1.165, 1.54) is 0 Å². The maximum atomic E-state index is 11.1. The number of ether oxygens (including phenoxy) is 1. The molecule has 1 aromatic heterocycles. The lowest BCUT2D eigenvalue weighted by atomic mass is 9.87. The number of aromatic nitrogens is 1. The van der Waals surface area contributed by atoms with Crippen molar-refractivity contribution in [2.45, 2.75) is 45.3 Å². The van der Waals surface area contributed by atoms with Gasteiger partial charge in [0, 0.05) is 17.7 Å². The summed E-state index contributed by atoms with van der Waals surface area (Å²) in [5.74, 6) is 0.395. The normalized spacial score (nSPS) is 20.8. The molecule has 1 saturated carbocycles. The molecule has 0 radical (unpaired) electrons. The van der Waals surface area contributed by atoms with Crippen LogP contribution in [0.4, 0.5) is 0 Å². The first kappa shape index (κ1) is 16.5. The summed E-state index contributed by atoms with van der Waals surface area (Å²) in [6, 6.07) is 7.56. The van der Waals surface area contributed by atoms with Gasteiger partial charge in [-0.2, -0.15) is 0 Å². The topological polar surface area (TPSA) is 98.6 Å². The molecule has 2 atom stereocenters. The molecule has 0 bridgehead atoms. The first-order valence-corrected chi connectivity index (χ1v) is 8.23. The third-order valence-electron chi connectivity index (χ3n) is 4.58. The van der Waals surface area contributed by atoms with Crippen LogP contribution in [0.1, 0.15) is 36.9 Å². The first-order valence-electron chi connectivity index (χ1n) is 8.23. The molecule has 24 heavy (non-hydrogen) atoms. The Morgan fingerprint density at radius 2 is 2.12 bits per heavy atom. The molecule has 6 heteroatoms. The van der Waals surface area contributed by atoms with E-state index in [0.717, 1.165) is 41.8 Å². The highest BCUT2D eigenvalue weighted by Gasteiger charge is 2.28. The zero-order chi connectivity index (χ0) is 17.1. The van der Waals surface area contributed by atoms with Crippen LogP contribution in [0.15, 0.2) is 28.8 Å². The molecule has 3 N–H and O–H groups in total. The van der Waals surface area contributed by atoms with Crippen molar-refractivity contribution in [3.8, 4) is 17.1 Å². The van der Waals surface area contributed by atoms with Crippen LogP contribution >= 0.6 is 0 Å². The predicted octanol–water partition coefficient (Wildman–Crippen LogP) is 3.13. The van der Waals surface area contributed by atoms with Crippen LogP contribution in [0.3, 0.4) is 0 Å². The number of carbonyl (C=O) groups is 1. The van der Waals surface area contributed by atoms with Gasteiger partial charge in [0.2, 0.25) is 0 Å². The van der Waals surface area contributed by atoms with E-state index in [4.69, 9.17) is 20.1 Å². The van der Waals surface area contributed by atoms with Crippen LogP contribution in [0.25, 0.3) is 11.3 Å². The Hall–Kier alpha value is -2.34. The van der Waals surface area contributed by atoms with Gasteiger partial charge in [0.1, 0.15) is 5.75 Å². The van der Waals surface area contributed by atoms with E-state index in [1.54, 1.807) is 0 Å². The number of hydrogen-bond donors (Lipinski definition) is 2. The van der Waals surface area contributed by atoms with Crippen LogP contribution in [0, 0.1) is 12.8 Å². The summed E-state index contributed by atoms with van der Waals surface area (Å²) in [4.78, 5) is 11.1. The van der Waals surface area contributed by atoms with Gasteiger partial charge in [-0.05, 0) is 56.9 Å². The lowest BCUT2D eigenvalue weighted by Crippen LogP contribution is -2.29. The number of aliphatic carboxylic acids is 1. The van der Waals surface area contributed by atoms with Crippen LogP contribution in [0.2, 0.25) is 0 Å².